The Hall–Kier alpha value is -3.20. The van der Waals surface area contributed by atoms with Gasteiger partial charge < -0.3 is 19.5 Å². The number of nitrogens with one attached hydrogen (secondary N) is 1. The Kier molecular flexibility index (Phi) is 6.67. The summed E-state index contributed by atoms with van der Waals surface area (Å²) in [6.07, 6.45) is 0. The normalized spacial score (nSPS) is 10.0. The second-order valence-electron chi connectivity index (χ2n) is 5.34. The molecule has 0 aliphatic carbocycles. The lowest BCUT2D eigenvalue weighted by Crippen LogP contribution is -2.21. The fourth-order valence-corrected chi connectivity index (χ4v) is 2.96. The number of aryl methyl sites for hydroxylation is 1. The first kappa shape index (κ1) is 20.1. The Bertz CT molecular complexity index is 853. The molecule has 0 saturated carbocycles. The van der Waals surface area contributed by atoms with Crippen LogP contribution in [0.5, 0.6) is 0 Å². The van der Waals surface area contributed by atoms with Crippen LogP contribution in [0, 0.1) is 6.92 Å². The highest BCUT2D eigenvalue weighted by Crippen LogP contribution is 2.18. The third kappa shape index (κ3) is 5.14. The molecule has 2 aromatic rings. The van der Waals surface area contributed by atoms with Gasteiger partial charge in [0, 0.05) is 5.69 Å². The number of hydrogen-bond acceptors (Lipinski definition) is 8. The third-order valence-corrected chi connectivity index (χ3v) is 4.44. The number of rotatable bonds is 6. The van der Waals surface area contributed by atoms with Crippen molar-refractivity contribution in [3.8, 4) is 0 Å². The number of carbonyl (C=O) groups is 4. The fourth-order valence-electron chi connectivity index (χ4n) is 2.15. The Morgan fingerprint density at radius 2 is 1.56 bits per heavy atom. The predicted octanol–water partition coefficient (Wildman–Crippen LogP) is 2.43. The maximum atomic E-state index is 12.1. The monoisotopic (exact) mass is 391 g/mol. The van der Waals surface area contributed by atoms with Gasteiger partial charge in [0.2, 0.25) is 0 Å². The number of amides is 1. The summed E-state index contributed by atoms with van der Waals surface area (Å²) in [4.78, 5) is 47.9. The molecule has 0 aliphatic rings. The average Bonchev–Trinajstić information content (AvgIpc) is 3.10. The number of carbonyl (C=O) groups excluding carboxylic acids is 4. The lowest BCUT2D eigenvalue weighted by Gasteiger charge is -2.10. The number of anilines is 1. The zero-order valence-electron chi connectivity index (χ0n) is 14.9. The van der Waals surface area contributed by atoms with Gasteiger partial charge >= 0.3 is 17.9 Å². The molecule has 8 nitrogen and oxygen atoms in total. The first-order valence-electron chi connectivity index (χ1n) is 7.68. The van der Waals surface area contributed by atoms with Crippen LogP contribution >= 0.6 is 11.3 Å². The van der Waals surface area contributed by atoms with Gasteiger partial charge in [0.25, 0.3) is 5.91 Å². The van der Waals surface area contributed by atoms with E-state index in [0.29, 0.717) is 4.88 Å². The Morgan fingerprint density at radius 3 is 2.04 bits per heavy atom. The SMILES string of the molecule is COC(=O)c1cc(NC(=O)COC(=O)c2sccc2C)cc(C(=O)OC)c1. The van der Waals surface area contributed by atoms with E-state index >= 15 is 0 Å². The lowest BCUT2D eigenvalue weighted by atomic mass is 10.1. The van der Waals surface area contributed by atoms with E-state index < -0.39 is 30.4 Å². The van der Waals surface area contributed by atoms with Gasteiger partial charge in [-0.1, -0.05) is 0 Å². The molecule has 1 N–H and O–H groups in total. The van der Waals surface area contributed by atoms with E-state index in [1.54, 1.807) is 18.4 Å². The van der Waals surface area contributed by atoms with Gasteiger partial charge in [-0.05, 0) is 42.1 Å². The van der Waals surface area contributed by atoms with Crippen molar-refractivity contribution in [3.63, 3.8) is 0 Å². The fraction of sp³-hybridized carbons (Fsp3) is 0.222. The molecule has 0 unspecified atom stereocenters. The smallest absolute Gasteiger partial charge is 0.349 e. The van der Waals surface area contributed by atoms with Gasteiger partial charge in [-0.2, -0.15) is 0 Å². The van der Waals surface area contributed by atoms with Crippen molar-refractivity contribution >= 4 is 40.8 Å². The van der Waals surface area contributed by atoms with Crippen LogP contribution in [-0.4, -0.2) is 44.6 Å². The van der Waals surface area contributed by atoms with Gasteiger partial charge in [-0.25, -0.2) is 14.4 Å². The van der Waals surface area contributed by atoms with Crippen molar-refractivity contribution in [2.45, 2.75) is 6.92 Å². The van der Waals surface area contributed by atoms with E-state index in [1.165, 1.54) is 43.8 Å². The quantitative estimate of drug-likeness (QED) is 0.595. The molecule has 0 radical (unpaired) electrons. The highest BCUT2D eigenvalue weighted by Gasteiger charge is 2.17. The minimum atomic E-state index is -0.684. The summed E-state index contributed by atoms with van der Waals surface area (Å²) in [5, 5.41) is 4.22. The molecule has 142 valence electrons. The molecule has 9 heteroatoms. The molecule has 0 bridgehead atoms. The van der Waals surface area contributed by atoms with Crippen molar-refractivity contribution < 1.29 is 33.4 Å². The topological polar surface area (TPSA) is 108 Å². The maximum absolute atomic E-state index is 12.1. The molecule has 0 aliphatic heterocycles. The van der Waals surface area contributed by atoms with Gasteiger partial charge in [0.1, 0.15) is 4.88 Å². The molecule has 2 rings (SSSR count). The Labute approximate surface area is 159 Å². The molecule has 1 amide bonds. The maximum Gasteiger partial charge on any atom is 0.349 e. The van der Waals surface area contributed by atoms with Crippen molar-refractivity contribution in [2.24, 2.45) is 0 Å². The van der Waals surface area contributed by atoms with E-state index in [2.05, 4.69) is 14.8 Å². The number of methoxy groups -OCH3 is 2. The van der Waals surface area contributed by atoms with Crippen LogP contribution < -0.4 is 5.32 Å². The van der Waals surface area contributed by atoms with E-state index in [-0.39, 0.29) is 16.8 Å². The molecule has 1 aromatic heterocycles. The average molecular weight is 391 g/mol. The van der Waals surface area contributed by atoms with Crippen molar-refractivity contribution in [2.75, 3.05) is 26.1 Å². The van der Waals surface area contributed by atoms with Crippen molar-refractivity contribution in [3.05, 3.63) is 51.2 Å². The molecular formula is C18H17NO7S. The second-order valence-corrected chi connectivity index (χ2v) is 6.26. The highest BCUT2D eigenvalue weighted by molar-refractivity contribution is 7.12. The highest BCUT2D eigenvalue weighted by atomic mass is 32.1. The number of benzene rings is 1. The number of thiophene rings is 1. The molecule has 27 heavy (non-hydrogen) atoms. The third-order valence-electron chi connectivity index (χ3n) is 3.44. The van der Waals surface area contributed by atoms with E-state index in [0.717, 1.165) is 5.56 Å². The Balaban J connectivity index is 2.09. The molecule has 1 aromatic carbocycles. The van der Waals surface area contributed by atoms with Crippen LogP contribution in [0.4, 0.5) is 5.69 Å². The molecule has 1 heterocycles. The second kappa shape index (κ2) is 8.95. The van der Waals surface area contributed by atoms with E-state index in [4.69, 9.17) is 4.74 Å². The molecule has 0 spiro atoms. The lowest BCUT2D eigenvalue weighted by molar-refractivity contribution is -0.119. The minimum Gasteiger partial charge on any atom is -0.465 e. The summed E-state index contributed by atoms with van der Waals surface area (Å²) >= 11 is 1.22. The predicted molar refractivity (Wildman–Crippen MR) is 97.1 cm³/mol. The van der Waals surface area contributed by atoms with Crippen LogP contribution in [-0.2, 0) is 19.0 Å². The largest absolute Gasteiger partial charge is 0.465 e. The standard InChI is InChI=1S/C18H17NO7S/c1-10-4-5-27-15(10)18(23)26-9-14(20)19-13-7-11(16(21)24-2)6-12(8-13)17(22)25-3/h4-8H,9H2,1-3H3,(H,19,20). The zero-order valence-corrected chi connectivity index (χ0v) is 15.7. The first-order valence-corrected chi connectivity index (χ1v) is 8.56. The van der Waals surface area contributed by atoms with Crippen LogP contribution in [0.15, 0.2) is 29.6 Å². The molecule has 0 atom stereocenters. The minimum absolute atomic E-state index is 0.0573. The zero-order chi connectivity index (χ0) is 20.0. The Morgan fingerprint density at radius 1 is 0.963 bits per heavy atom. The van der Waals surface area contributed by atoms with Crippen molar-refractivity contribution in [1.82, 2.24) is 0 Å². The summed E-state index contributed by atoms with van der Waals surface area (Å²) in [5.41, 5.74) is 1.04. The summed E-state index contributed by atoms with van der Waals surface area (Å²) < 4.78 is 14.2. The summed E-state index contributed by atoms with van der Waals surface area (Å²) in [6.45, 7) is 1.24. The number of esters is 3. The van der Waals surface area contributed by atoms with Gasteiger partial charge in [0.05, 0.1) is 25.3 Å². The van der Waals surface area contributed by atoms with Gasteiger partial charge in [-0.15, -0.1) is 11.3 Å². The van der Waals surface area contributed by atoms with Crippen LogP contribution in [0.3, 0.4) is 0 Å². The molecule has 0 saturated heterocycles. The molecule has 0 fully saturated rings. The molecular weight excluding hydrogens is 374 g/mol. The summed E-state index contributed by atoms with van der Waals surface area (Å²) in [5.74, 6) is -2.60. The summed E-state index contributed by atoms with van der Waals surface area (Å²) in [7, 11) is 2.38. The summed E-state index contributed by atoms with van der Waals surface area (Å²) in [6, 6.07) is 5.73. The van der Waals surface area contributed by atoms with Crippen LogP contribution in [0.25, 0.3) is 0 Å². The van der Waals surface area contributed by atoms with Crippen LogP contribution in [0.2, 0.25) is 0 Å². The van der Waals surface area contributed by atoms with Crippen molar-refractivity contribution in [1.29, 1.82) is 0 Å². The van der Waals surface area contributed by atoms with E-state index in [9.17, 15) is 19.2 Å². The number of ether oxygens (including phenoxy) is 3. The van der Waals surface area contributed by atoms with Gasteiger partial charge in [-0.3, -0.25) is 4.79 Å². The first-order chi connectivity index (χ1) is 12.8. The van der Waals surface area contributed by atoms with Gasteiger partial charge in [0.15, 0.2) is 6.61 Å². The number of hydrogen-bond donors (Lipinski definition) is 1. The van der Waals surface area contributed by atoms with Crippen LogP contribution in [0.1, 0.15) is 36.0 Å². The van der Waals surface area contributed by atoms with E-state index in [1.807, 2.05) is 0 Å².